The van der Waals surface area contributed by atoms with Crippen molar-refractivity contribution in [1.82, 2.24) is 4.48 Å². The lowest BCUT2D eigenvalue weighted by Gasteiger charge is -2.29. The van der Waals surface area contributed by atoms with Crippen LogP contribution in [0.4, 0.5) is 11.4 Å². The summed E-state index contributed by atoms with van der Waals surface area (Å²) in [6, 6.07) is 11.8. The van der Waals surface area contributed by atoms with Crippen LogP contribution in [0.15, 0.2) is 41.4 Å². The van der Waals surface area contributed by atoms with Gasteiger partial charge in [0, 0.05) is 11.6 Å². The van der Waals surface area contributed by atoms with Crippen LogP contribution >= 0.6 is 0 Å². The second kappa shape index (κ2) is 5.18. The number of carbonyl (C=O) groups is 1. The first kappa shape index (κ1) is 14.9. The summed E-state index contributed by atoms with van der Waals surface area (Å²) in [5, 5.41) is 9.62. The predicted molar refractivity (Wildman–Crippen MR) is 93.3 cm³/mol. The lowest BCUT2D eigenvalue weighted by Crippen LogP contribution is -2.36. The summed E-state index contributed by atoms with van der Waals surface area (Å²) in [5.74, 6) is -0.285. The van der Waals surface area contributed by atoms with Crippen LogP contribution in [0.1, 0.15) is 34.0 Å². The Balaban J connectivity index is 1.85. The van der Waals surface area contributed by atoms with Crippen molar-refractivity contribution < 1.29 is 14.6 Å². The Hall–Kier alpha value is -2.66. The number of ether oxygens (including phenoxy) is 1. The molecule has 1 N–H and O–H groups in total. The molecule has 0 amide bonds. The third-order valence-electron chi connectivity index (χ3n) is 4.75. The fourth-order valence-electron chi connectivity index (χ4n) is 3.45. The molecular weight excluding hydrogens is 304 g/mol. The average Bonchev–Trinajstić information content (AvgIpc) is 2.89. The Morgan fingerprint density at radius 1 is 1.29 bits per heavy atom. The van der Waals surface area contributed by atoms with Crippen molar-refractivity contribution in [2.75, 3.05) is 14.1 Å². The van der Waals surface area contributed by atoms with Gasteiger partial charge in [0.2, 0.25) is 0 Å². The predicted octanol–water partition coefficient (Wildman–Crippen LogP) is 3.69. The van der Waals surface area contributed by atoms with Gasteiger partial charge in [-0.25, -0.2) is 4.79 Å². The number of nitrogens with zero attached hydrogens (tertiary/aromatic N) is 2. The monoisotopic (exact) mass is 323 g/mol. The molecule has 5 heteroatoms. The number of carboxylic acids is 1. The molecule has 2 aromatic carbocycles. The maximum atomic E-state index is 11.7. The molecule has 1 atom stereocenters. The van der Waals surface area contributed by atoms with Gasteiger partial charge in [-0.2, -0.15) is 4.99 Å². The third-order valence-corrected chi connectivity index (χ3v) is 4.75. The molecule has 0 aliphatic carbocycles. The lowest BCUT2D eigenvalue weighted by atomic mass is 9.92. The SMILES string of the molecule is C[N+]1(C)C=Nc2c1cc(C(=O)O)c1c2OC(c2ccccc2)CC1. The van der Waals surface area contributed by atoms with Gasteiger partial charge in [-0.05, 0) is 18.4 Å². The molecule has 2 aromatic rings. The molecule has 122 valence electrons. The Morgan fingerprint density at radius 2 is 2.04 bits per heavy atom. The molecule has 2 aliphatic heterocycles. The van der Waals surface area contributed by atoms with Crippen LogP contribution in [-0.2, 0) is 6.42 Å². The van der Waals surface area contributed by atoms with Gasteiger partial charge in [0.25, 0.3) is 0 Å². The van der Waals surface area contributed by atoms with E-state index in [2.05, 4.69) is 4.99 Å². The molecule has 0 aromatic heterocycles. The molecule has 2 heterocycles. The van der Waals surface area contributed by atoms with Crippen LogP contribution < -0.4 is 9.22 Å². The van der Waals surface area contributed by atoms with Crippen LogP contribution in [0.2, 0.25) is 0 Å². The van der Waals surface area contributed by atoms with Gasteiger partial charge in [0.15, 0.2) is 23.5 Å². The van der Waals surface area contributed by atoms with E-state index < -0.39 is 5.97 Å². The van der Waals surface area contributed by atoms with Crippen LogP contribution in [0.3, 0.4) is 0 Å². The third kappa shape index (κ3) is 2.20. The van der Waals surface area contributed by atoms with E-state index in [0.29, 0.717) is 22.2 Å². The standard InChI is InChI=1S/C19H18N2O3/c1-21(2)11-20-17-15(21)10-14(19(22)23)13-8-9-16(24-18(13)17)12-6-4-3-5-7-12/h3-7,10-11,16H,8-9H2,1-2H3/p+1. The number of aromatic carboxylic acids is 1. The number of quaternary nitrogens is 1. The van der Waals surface area contributed by atoms with E-state index in [0.717, 1.165) is 28.9 Å². The van der Waals surface area contributed by atoms with Crippen molar-refractivity contribution in [2.24, 2.45) is 4.99 Å². The molecule has 0 radical (unpaired) electrons. The number of carboxylic acid groups (broad SMARTS) is 1. The van der Waals surface area contributed by atoms with E-state index >= 15 is 0 Å². The number of hydrogen-bond acceptors (Lipinski definition) is 3. The Bertz CT molecular complexity index is 857. The normalized spacial score (nSPS) is 20.2. The average molecular weight is 323 g/mol. The summed E-state index contributed by atoms with van der Waals surface area (Å²) < 4.78 is 6.68. The van der Waals surface area contributed by atoms with Gasteiger partial charge in [-0.15, -0.1) is 0 Å². The summed E-state index contributed by atoms with van der Waals surface area (Å²) in [6.45, 7) is 0. The zero-order valence-corrected chi connectivity index (χ0v) is 13.7. The quantitative estimate of drug-likeness (QED) is 0.858. The highest BCUT2D eigenvalue weighted by atomic mass is 16.5. The maximum absolute atomic E-state index is 11.7. The van der Waals surface area contributed by atoms with E-state index in [1.807, 2.05) is 50.8 Å². The minimum Gasteiger partial charge on any atom is -0.483 e. The van der Waals surface area contributed by atoms with Gasteiger partial charge < -0.3 is 9.84 Å². The zero-order valence-electron chi connectivity index (χ0n) is 13.7. The van der Waals surface area contributed by atoms with Gasteiger partial charge in [-0.1, -0.05) is 30.3 Å². The first-order valence-electron chi connectivity index (χ1n) is 8.01. The first-order chi connectivity index (χ1) is 11.5. The number of hydrogen-bond donors (Lipinski definition) is 1. The topological polar surface area (TPSA) is 58.9 Å². The molecule has 0 bridgehead atoms. The molecule has 0 spiro atoms. The highest BCUT2D eigenvalue weighted by molar-refractivity contribution is 5.99. The molecule has 0 saturated carbocycles. The molecule has 4 rings (SSSR count). The van der Waals surface area contributed by atoms with Crippen molar-refractivity contribution in [3.63, 3.8) is 0 Å². The number of fused-ring (bicyclic) bond motifs is 3. The van der Waals surface area contributed by atoms with E-state index in [-0.39, 0.29) is 6.10 Å². The summed E-state index contributed by atoms with van der Waals surface area (Å²) in [7, 11) is 3.95. The van der Waals surface area contributed by atoms with Gasteiger partial charge >= 0.3 is 5.97 Å². The molecule has 5 nitrogen and oxygen atoms in total. The largest absolute Gasteiger partial charge is 0.483 e. The van der Waals surface area contributed by atoms with Gasteiger partial charge in [0.05, 0.1) is 19.7 Å². The summed E-state index contributed by atoms with van der Waals surface area (Å²) in [6.07, 6.45) is 3.18. The molecule has 2 aliphatic rings. The molecular formula is C19H19N2O3+. The van der Waals surface area contributed by atoms with Crippen molar-refractivity contribution in [3.05, 3.63) is 53.1 Å². The fourth-order valence-corrected chi connectivity index (χ4v) is 3.45. The number of aliphatic imine (C=N–C) groups is 1. The van der Waals surface area contributed by atoms with Crippen LogP contribution in [0.5, 0.6) is 5.75 Å². The minimum absolute atomic E-state index is 0.0711. The second-order valence-electron chi connectivity index (χ2n) is 6.75. The highest BCUT2D eigenvalue weighted by Crippen LogP contribution is 2.50. The smallest absolute Gasteiger partial charge is 0.336 e. The lowest BCUT2D eigenvalue weighted by molar-refractivity contribution is 0.0692. The first-order valence-corrected chi connectivity index (χ1v) is 8.01. The molecule has 0 saturated heterocycles. The van der Waals surface area contributed by atoms with Gasteiger partial charge in [-0.3, -0.25) is 4.48 Å². The Kier molecular flexibility index (Phi) is 3.21. The van der Waals surface area contributed by atoms with E-state index in [1.165, 1.54) is 0 Å². The van der Waals surface area contributed by atoms with Crippen molar-refractivity contribution >= 4 is 23.7 Å². The fraction of sp³-hybridized carbons (Fsp3) is 0.263. The summed E-state index contributed by atoms with van der Waals surface area (Å²) >= 11 is 0. The molecule has 24 heavy (non-hydrogen) atoms. The summed E-state index contributed by atoms with van der Waals surface area (Å²) in [5.41, 5.74) is 3.81. The van der Waals surface area contributed by atoms with Crippen molar-refractivity contribution in [2.45, 2.75) is 18.9 Å². The second-order valence-corrected chi connectivity index (χ2v) is 6.75. The number of benzene rings is 2. The molecule has 0 fully saturated rings. The van der Waals surface area contributed by atoms with Crippen molar-refractivity contribution in [1.29, 1.82) is 0 Å². The Labute approximate surface area is 140 Å². The van der Waals surface area contributed by atoms with Gasteiger partial charge in [0.1, 0.15) is 6.10 Å². The summed E-state index contributed by atoms with van der Waals surface area (Å²) in [4.78, 5) is 16.3. The highest BCUT2D eigenvalue weighted by Gasteiger charge is 2.37. The Morgan fingerprint density at radius 3 is 2.75 bits per heavy atom. The van der Waals surface area contributed by atoms with Crippen LogP contribution in [0, 0.1) is 0 Å². The van der Waals surface area contributed by atoms with Crippen LogP contribution in [0.25, 0.3) is 0 Å². The van der Waals surface area contributed by atoms with Crippen molar-refractivity contribution in [3.8, 4) is 5.75 Å². The van der Waals surface area contributed by atoms with Crippen LogP contribution in [-0.4, -0.2) is 31.5 Å². The minimum atomic E-state index is -0.914. The maximum Gasteiger partial charge on any atom is 0.336 e. The van der Waals surface area contributed by atoms with E-state index in [4.69, 9.17) is 4.74 Å². The van der Waals surface area contributed by atoms with E-state index in [1.54, 1.807) is 6.07 Å². The van der Waals surface area contributed by atoms with E-state index in [9.17, 15) is 9.90 Å². The zero-order chi connectivity index (χ0) is 16.9. The number of rotatable bonds is 2. The molecule has 1 unspecified atom stereocenters.